The van der Waals surface area contributed by atoms with Gasteiger partial charge in [0.1, 0.15) is 5.16 Å². The number of halogens is 4. The minimum atomic E-state index is -4.81. The predicted molar refractivity (Wildman–Crippen MR) is 130 cm³/mol. The van der Waals surface area contributed by atoms with Crippen molar-refractivity contribution >= 4 is 41.1 Å². The third-order valence-electron chi connectivity index (χ3n) is 5.07. The Morgan fingerprint density at radius 1 is 1.24 bits per heavy atom. The van der Waals surface area contributed by atoms with Crippen LogP contribution < -0.4 is 15.0 Å². The maximum absolute atomic E-state index is 13.5. The molecule has 2 aromatic heterocycles. The van der Waals surface area contributed by atoms with Gasteiger partial charge in [-0.3, -0.25) is 9.59 Å². The number of aromatic nitrogens is 6. The van der Waals surface area contributed by atoms with Gasteiger partial charge in [0.25, 0.3) is 17.6 Å². The van der Waals surface area contributed by atoms with E-state index in [0.717, 1.165) is 16.7 Å². The lowest BCUT2D eigenvalue weighted by molar-refractivity contribution is -0.147. The number of carbonyl (C=O) groups is 2. The number of benzene rings is 1. The number of rotatable bonds is 6. The molecular formula is C21H16ClF3N10O2S. The molecule has 4 rings (SSSR count). The van der Waals surface area contributed by atoms with E-state index in [1.165, 1.54) is 35.7 Å². The summed E-state index contributed by atoms with van der Waals surface area (Å²) < 4.78 is 41.6. The Hall–Kier alpha value is -4.36. The highest BCUT2D eigenvalue weighted by Crippen LogP contribution is 2.29. The fourth-order valence-electron chi connectivity index (χ4n) is 3.43. The number of tetrazole rings is 1. The average molecular weight is 565 g/mol. The molecule has 2 amide bonds. The monoisotopic (exact) mass is 564 g/mol. The zero-order valence-corrected chi connectivity index (χ0v) is 21.1. The van der Waals surface area contributed by atoms with Crippen molar-refractivity contribution in [3.8, 4) is 6.07 Å². The molecule has 1 aliphatic heterocycles. The summed E-state index contributed by atoms with van der Waals surface area (Å²) in [5, 5.41) is 29.9. The molecular weight excluding hydrogens is 549 g/mol. The summed E-state index contributed by atoms with van der Waals surface area (Å²) in [7, 11) is 1.40. The minimum Gasteiger partial charge on any atom is -0.355 e. The van der Waals surface area contributed by atoms with Crippen LogP contribution in [-0.4, -0.2) is 49.0 Å². The van der Waals surface area contributed by atoms with E-state index in [-0.39, 0.29) is 33.4 Å². The quantitative estimate of drug-likeness (QED) is 0.341. The van der Waals surface area contributed by atoms with Gasteiger partial charge in [0.2, 0.25) is 0 Å². The van der Waals surface area contributed by atoms with Crippen LogP contribution in [0.5, 0.6) is 0 Å². The second-order valence-corrected chi connectivity index (χ2v) is 8.84. The topological polar surface area (TPSA) is 147 Å². The standard InChI is InChI=1S/C21H16ClF3N10O2S/c1-11-6-12(9-26)7-14(18(36)27-2)17(11)28-19(37)15-8-13(10-33-20(21(23,24)25)29-31-32-33)30-34(15)35-16(22)4-3-5-38-35/h3-8H,10H2,1-2H3,(H,27,36)(H,28,37). The predicted octanol–water partition coefficient (Wildman–Crippen LogP) is 2.92. The zero-order chi connectivity index (χ0) is 27.6. The fourth-order valence-corrected chi connectivity index (χ4v) is 4.33. The molecule has 196 valence electrons. The van der Waals surface area contributed by atoms with E-state index in [0.29, 0.717) is 10.2 Å². The number of amides is 2. The van der Waals surface area contributed by atoms with Crippen molar-refractivity contribution in [1.29, 1.82) is 5.26 Å². The number of allylic oxidation sites excluding steroid dienone is 2. The van der Waals surface area contributed by atoms with Crippen LogP contribution >= 0.6 is 23.5 Å². The van der Waals surface area contributed by atoms with Crippen molar-refractivity contribution in [3.63, 3.8) is 0 Å². The summed E-state index contributed by atoms with van der Waals surface area (Å²) in [6, 6.07) is 6.02. The third kappa shape index (κ3) is 5.33. The SMILES string of the molecule is CNC(=O)c1cc(C#N)cc(C)c1NC(=O)c1cc(Cn2nnnc2C(F)(F)F)nn1N1SC=CC=C1Cl. The number of nitriles is 1. The molecule has 1 aliphatic rings. The molecule has 0 saturated carbocycles. The highest BCUT2D eigenvalue weighted by Gasteiger charge is 2.38. The van der Waals surface area contributed by atoms with Gasteiger partial charge in [-0.25, -0.2) is 4.68 Å². The minimum absolute atomic E-state index is 0.00986. The zero-order valence-electron chi connectivity index (χ0n) is 19.5. The van der Waals surface area contributed by atoms with Gasteiger partial charge in [-0.15, -0.1) is 5.10 Å². The molecule has 1 aromatic carbocycles. The smallest absolute Gasteiger partial charge is 0.355 e. The third-order valence-corrected chi connectivity index (χ3v) is 6.29. The lowest BCUT2D eigenvalue weighted by Gasteiger charge is -2.24. The number of nitrogens with one attached hydrogen (secondary N) is 2. The highest BCUT2D eigenvalue weighted by molar-refractivity contribution is 8.03. The number of hydrogen-bond donors (Lipinski definition) is 2. The van der Waals surface area contributed by atoms with Crippen LogP contribution in [0.4, 0.5) is 18.9 Å². The summed E-state index contributed by atoms with van der Waals surface area (Å²) in [5.74, 6) is -2.64. The molecule has 3 heterocycles. The first-order chi connectivity index (χ1) is 18.0. The van der Waals surface area contributed by atoms with Gasteiger partial charge in [-0.05, 0) is 52.6 Å². The molecule has 0 spiro atoms. The number of anilines is 1. The fraction of sp³-hybridized carbons (Fsp3) is 0.190. The molecule has 3 aromatic rings. The van der Waals surface area contributed by atoms with E-state index >= 15 is 0 Å². The van der Waals surface area contributed by atoms with E-state index < -0.39 is 30.4 Å². The molecule has 0 radical (unpaired) electrons. The summed E-state index contributed by atoms with van der Waals surface area (Å²) in [6.07, 6.45) is -1.63. The van der Waals surface area contributed by atoms with Crippen molar-refractivity contribution in [2.24, 2.45) is 0 Å². The Bertz CT molecular complexity index is 1520. The summed E-state index contributed by atoms with van der Waals surface area (Å²) >= 11 is 7.34. The summed E-state index contributed by atoms with van der Waals surface area (Å²) in [5.41, 5.74) is 0.703. The molecule has 0 fully saturated rings. The molecule has 38 heavy (non-hydrogen) atoms. The van der Waals surface area contributed by atoms with Crippen molar-refractivity contribution in [2.45, 2.75) is 19.6 Å². The molecule has 17 heteroatoms. The van der Waals surface area contributed by atoms with Crippen LogP contribution in [-0.2, 0) is 12.7 Å². The Morgan fingerprint density at radius 2 is 2.00 bits per heavy atom. The summed E-state index contributed by atoms with van der Waals surface area (Å²) in [6.45, 7) is 1.09. The van der Waals surface area contributed by atoms with E-state index in [1.54, 1.807) is 18.4 Å². The summed E-state index contributed by atoms with van der Waals surface area (Å²) in [4.78, 5) is 27.1. The lowest BCUT2D eigenvalue weighted by Crippen LogP contribution is -2.32. The van der Waals surface area contributed by atoms with Crippen LogP contribution in [0.25, 0.3) is 0 Å². The molecule has 2 N–H and O–H groups in total. The number of alkyl halides is 3. The largest absolute Gasteiger partial charge is 0.453 e. The van der Waals surface area contributed by atoms with Crippen LogP contribution in [0, 0.1) is 18.3 Å². The normalized spacial score (nSPS) is 13.2. The molecule has 12 nitrogen and oxygen atoms in total. The van der Waals surface area contributed by atoms with Crippen molar-refractivity contribution in [1.82, 2.24) is 35.4 Å². The van der Waals surface area contributed by atoms with E-state index in [2.05, 4.69) is 31.3 Å². The second-order valence-electron chi connectivity index (χ2n) is 7.63. The van der Waals surface area contributed by atoms with Gasteiger partial charge in [0.15, 0.2) is 5.69 Å². The molecule has 0 unspecified atom stereocenters. The van der Waals surface area contributed by atoms with Gasteiger partial charge in [0, 0.05) is 19.0 Å². The molecule has 0 aliphatic carbocycles. The number of nitrogens with zero attached hydrogens (tertiary/aromatic N) is 8. The average Bonchev–Trinajstić information content (AvgIpc) is 3.52. The first-order valence-electron chi connectivity index (χ1n) is 10.5. The first-order valence-corrected chi connectivity index (χ1v) is 11.7. The Balaban J connectivity index is 1.76. The van der Waals surface area contributed by atoms with E-state index in [1.807, 2.05) is 6.07 Å². The van der Waals surface area contributed by atoms with Gasteiger partial charge in [-0.2, -0.15) is 32.7 Å². The highest BCUT2D eigenvalue weighted by atomic mass is 35.5. The Kier molecular flexibility index (Phi) is 7.41. The number of aryl methyl sites for hydroxylation is 1. The Morgan fingerprint density at radius 3 is 2.66 bits per heavy atom. The van der Waals surface area contributed by atoms with Crippen LogP contribution in [0.3, 0.4) is 0 Å². The lowest BCUT2D eigenvalue weighted by atomic mass is 10.0. The van der Waals surface area contributed by atoms with Crippen LogP contribution in [0.15, 0.2) is 40.9 Å². The first kappa shape index (κ1) is 26.7. The maximum Gasteiger partial charge on any atom is 0.453 e. The van der Waals surface area contributed by atoms with Crippen molar-refractivity contribution in [3.05, 3.63) is 74.8 Å². The van der Waals surface area contributed by atoms with Gasteiger partial charge in [-0.1, -0.05) is 17.7 Å². The molecule has 0 atom stereocenters. The van der Waals surface area contributed by atoms with E-state index in [9.17, 15) is 28.0 Å². The Labute approximate surface area is 221 Å². The molecule has 0 saturated heterocycles. The maximum atomic E-state index is 13.5. The van der Waals surface area contributed by atoms with E-state index in [4.69, 9.17) is 11.6 Å². The van der Waals surface area contributed by atoms with Crippen LogP contribution in [0.1, 0.15) is 43.5 Å². The van der Waals surface area contributed by atoms with Crippen molar-refractivity contribution in [2.75, 3.05) is 16.8 Å². The van der Waals surface area contributed by atoms with Crippen molar-refractivity contribution < 1.29 is 22.8 Å². The van der Waals surface area contributed by atoms with Gasteiger partial charge < -0.3 is 10.6 Å². The van der Waals surface area contributed by atoms with Gasteiger partial charge in [0.05, 0.1) is 35.1 Å². The number of hydrogen-bond acceptors (Lipinski definition) is 9. The van der Waals surface area contributed by atoms with Crippen LogP contribution in [0.2, 0.25) is 0 Å². The molecule has 0 bridgehead atoms. The van der Waals surface area contributed by atoms with Gasteiger partial charge >= 0.3 is 6.18 Å². The second kappa shape index (κ2) is 10.6. The number of carbonyl (C=O) groups excluding carboxylic acids is 2.